The molecule has 1 aromatic heterocycles. The van der Waals surface area contributed by atoms with Crippen LogP contribution in [0, 0.1) is 0 Å². The average Bonchev–Trinajstić information content (AvgIpc) is 3.27. The Balaban J connectivity index is 0.000000847. The predicted molar refractivity (Wildman–Crippen MR) is 89.9 cm³/mol. The molecule has 2 aromatic rings. The van der Waals surface area contributed by atoms with E-state index in [1.54, 1.807) is 30.6 Å². The van der Waals surface area contributed by atoms with Crippen LogP contribution in [0.1, 0.15) is 53.8 Å². The van der Waals surface area contributed by atoms with Crippen molar-refractivity contribution >= 4 is 17.1 Å². The summed E-state index contributed by atoms with van der Waals surface area (Å²) >= 11 is 1.55. The molecule has 0 spiro atoms. The third kappa shape index (κ3) is 3.72. The van der Waals surface area contributed by atoms with Crippen molar-refractivity contribution in [2.45, 2.75) is 32.7 Å². The first-order chi connectivity index (χ1) is 10.8. The highest BCUT2D eigenvalue weighted by Gasteiger charge is 2.21. The minimum absolute atomic E-state index is 0.0515. The van der Waals surface area contributed by atoms with E-state index in [0.717, 1.165) is 18.0 Å². The second-order valence-corrected chi connectivity index (χ2v) is 5.67. The number of nitrogens with one attached hydrogen (secondary N) is 1. The summed E-state index contributed by atoms with van der Waals surface area (Å²) in [5.41, 5.74) is 1.13. The Hall–Kier alpha value is -1.72. The Kier molecular flexibility index (Phi) is 6.10. The Morgan fingerprint density at radius 3 is 2.91 bits per heavy atom. The zero-order valence-electron chi connectivity index (χ0n) is 13.3. The van der Waals surface area contributed by atoms with Gasteiger partial charge in [-0.15, -0.1) is 11.3 Å². The molecule has 22 heavy (non-hydrogen) atoms. The first-order valence-corrected chi connectivity index (χ1v) is 8.53. The van der Waals surface area contributed by atoms with Crippen molar-refractivity contribution in [3.8, 4) is 5.75 Å². The number of hydrogen-bond acceptors (Lipinski definition) is 5. The molecule has 1 atom stereocenters. The van der Waals surface area contributed by atoms with Gasteiger partial charge in [-0.25, -0.2) is 4.98 Å². The van der Waals surface area contributed by atoms with Crippen LogP contribution in [-0.4, -0.2) is 24.4 Å². The average molecular weight is 318 g/mol. The zero-order chi connectivity index (χ0) is 15.9. The Morgan fingerprint density at radius 2 is 2.23 bits per heavy atom. The number of carbonyl (C=O) groups excluding carboxylic acids is 1. The minimum Gasteiger partial charge on any atom is -0.497 e. The number of hydrogen-bond donors (Lipinski definition) is 1. The summed E-state index contributed by atoms with van der Waals surface area (Å²) in [6, 6.07) is 7.49. The van der Waals surface area contributed by atoms with Crippen LogP contribution >= 0.6 is 11.3 Å². The fourth-order valence-corrected chi connectivity index (χ4v) is 3.27. The van der Waals surface area contributed by atoms with Gasteiger partial charge < -0.3 is 10.1 Å². The van der Waals surface area contributed by atoms with Crippen LogP contribution < -0.4 is 10.1 Å². The second kappa shape index (κ2) is 8.06. The molecule has 1 saturated heterocycles. The van der Waals surface area contributed by atoms with Crippen molar-refractivity contribution in [2.75, 3.05) is 13.7 Å². The summed E-state index contributed by atoms with van der Waals surface area (Å²) in [5.74, 6) is 0.633. The molecule has 0 bridgehead atoms. The van der Waals surface area contributed by atoms with Crippen LogP contribution in [0.4, 0.5) is 0 Å². The molecule has 0 amide bonds. The molecule has 0 saturated carbocycles. The minimum atomic E-state index is -0.0515. The molecule has 5 heteroatoms. The molecule has 0 radical (unpaired) electrons. The fraction of sp³-hybridized carbons (Fsp3) is 0.412. The number of ketones is 1. The Bertz CT molecular complexity index is 619. The van der Waals surface area contributed by atoms with Gasteiger partial charge >= 0.3 is 0 Å². The van der Waals surface area contributed by atoms with Gasteiger partial charge in [0.2, 0.25) is 5.78 Å². The lowest BCUT2D eigenvalue weighted by molar-refractivity contribution is 0.103. The first kappa shape index (κ1) is 16.6. The zero-order valence-corrected chi connectivity index (χ0v) is 14.1. The van der Waals surface area contributed by atoms with Gasteiger partial charge in [-0.3, -0.25) is 4.79 Å². The lowest BCUT2D eigenvalue weighted by Gasteiger charge is -2.04. The molecule has 1 unspecified atom stereocenters. The Morgan fingerprint density at radius 1 is 1.41 bits per heavy atom. The van der Waals surface area contributed by atoms with Crippen LogP contribution in [0.5, 0.6) is 5.75 Å². The molecule has 4 nitrogen and oxygen atoms in total. The fourth-order valence-electron chi connectivity index (χ4n) is 2.36. The van der Waals surface area contributed by atoms with Gasteiger partial charge in [0.25, 0.3) is 0 Å². The molecule has 0 aliphatic carbocycles. The number of aromatic nitrogens is 1. The summed E-state index contributed by atoms with van der Waals surface area (Å²) < 4.78 is 5.15. The predicted octanol–water partition coefficient (Wildman–Crippen LogP) is 3.83. The van der Waals surface area contributed by atoms with Crippen LogP contribution in [0.3, 0.4) is 0 Å². The molecule has 1 aromatic carbocycles. The van der Waals surface area contributed by atoms with Gasteiger partial charge in [0.1, 0.15) is 16.5 Å². The maximum absolute atomic E-state index is 12.4. The van der Waals surface area contributed by atoms with Gasteiger partial charge in [0, 0.05) is 10.9 Å². The lowest BCUT2D eigenvalue weighted by Crippen LogP contribution is -2.13. The standard InChI is InChI=1S/C15H16N2O2S.C2H6/c1-19-11-5-2-4-10(8-11)14(18)13-9-20-15(17-13)12-6-3-7-16-12;1-2/h2,4-5,8-9,12,16H,3,6-7H2,1H3;1-2H3. The molecular formula is C17H22N2O2S. The van der Waals surface area contributed by atoms with Gasteiger partial charge in [0.15, 0.2) is 0 Å². The largest absolute Gasteiger partial charge is 0.497 e. The number of carbonyl (C=O) groups is 1. The SMILES string of the molecule is CC.COc1cccc(C(=O)c2csc(C3CCCN3)n2)c1. The van der Waals surface area contributed by atoms with Crippen molar-refractivity contribution < 1.29 is 9.53 Å². The van der Waals surface area contributed by atoms with Crippen molar-refractivity contribution in [1.82, 2.24) is 10.3 Å². The molecule has 1 fully saturated rings. The third-order valence-electron chi connectivity index (χ3n) is 3.44. The van der Waals surface area contributed by atoms with E-state index in [1.165, 1.54) is 6.42 Å². The summed E-state index contributed by atoms with van der Waals surface area (Å²) in [6.07, 6.45) is 2.27. The molecule has 3 rings (SSSR count). The number of ether oxygens (including phenoxy) is 1. The van der Waals surface area contributed by atoms with Crippen LogP contribution in [0.15, 0.2) is 29.6 Å². The van der Waals surface area contributed by atoms with Crippen molar-refractivity contribution in [1.29, 1.82) is 0 Å². The van der Waals surface area contributed by atoms with E-state index in [-0.39, 0.29) is 5.78 Å². The smallest absolute Gasteiger partial charge is 0.212 e. The third-order valence-corrected chi connectivity index (χ3v) is 4.40. The van der Waals surface area contributed by atoms with Gasteiger partial charge in [-0.05, 0) is 31.5 Å². The van der Waals surface area contributed by atoms with Gasteiger partial charge in [-0.1, -0.05) is 26.0 Å². The monoisotopic (exact) mass is 318 g/mol. The highest BCUT2D eigenvalue weighted by molar-refractivity contribution is 7.10. The molecule has 1 aliphatic rings. The van der Waals surface area contributed by atoms with Crippen LogP contribution in [0.25, 0.3) is 0 Å². The number of benzene rings is 1. The van der Waals surface area contributed by atoms with E-state index < -0.39 is 0 Å². The van der Waals surface area contributed by atoms with E-state index in [4.69, 9.17) is 4.74 Å². The number of methoxy groups -OCH3 is 1. The maximum atomic E-state index is 12.4. The first-order valence-electron chi connectivity index (χ1n) is 7.65. The van der Waals surface area contributed by atoms with Crippen molar-refractivity contribution in [3.05, 3.63) is 45.9 Å². The van der Waals surface area contributed by atoms with Gasteiger partial charge in [0.05, 0.1) is 13.2 Å². The number of rotatable bonds is 4. The van der Waals surface area contributed by atoms with E-state index >= 15 is 0 Å². The summed E-state index contributed by atoms with van der Waals surface area (Å²) in [7, 11) is 1.59. The maximum Gasteiger partial charge on any atom is 0.212 e. The number of thiazole rings is 1. The van der Waals surface area contributed by atoms with E-state index in [1.807, 2.05) is 31.4 Å². The van der Waals surface area contributed by atoms with Crippen LogP contribution in [0.2, 0.25) is 0 Å². The number of nitrogens with zero attached hydrogens (tertiary/aromatic N) is 1. The highest BCUT2D eigenvalue weighted by Crippen LogP contribution is 2.27. The normalized spacial score (nSPS) is 16.8. The summed E-state index contributed by atoms with van der Waals surface area (Å²) in [6.45, 7) is 5.03. The summed E-state index contributed by atoms with van der Waals surface area (Å²) in [5, 5.41) is 6.25. The van der Waals surface area contributed by atoms with Gasteiger partial charge in [-0.2, -0.15) is 0 Å². The molecule has 1 aliphatic heterocycles. The lowest BCUT2D eigenvalue weighted by atomic mass is 10.1. The topological polar surface area (TPSA) is 51.2 Å². The molecule has 1 N–H and O–H groups in total. The van der Waals surface area contributed by atoms with E-state index in [0.29, 0.717) is 23.0 Å². The van der Waals surface area contributed by atoms with Crippen LogP contribution in [-0.2, 0) is 0 Å². The van der Waals surface area contributed by atoms with Crippen molar-refractivity contribution in [2.24, 2.45) is 0 Å². The quantitative estimate of drug-likeness (QED) is 0.870. The Labute approximate surface area is 135 Å². The summed E-state index contributed by atoms with van der Waals surface area (Å²) in [4.78, 5) is 16.9. The molecule has 2 heterocycles. The second-order valence-electron chi connectivity index (χ2n) is 4.78. The molecule has 118 valence electrons. The van der Waals surface area contributed by atoms with E-state index in [2.05, 4.69) is 10.3 Å². The molecular weight excluding hydrogens is 296 g/mol. The van der Waals surface area contributed by atoms with Crippen molar-refractivity contribution in [3.63, 3.8) is 0 Å². The highest BCUT2D eigenvalue weighted by atomic mass is 32.1. The van der Waals surface area contributed by atoms with E-state index in [9.17, 15) is 4.79 Å².